The third-order valence-corrected chi connectivity index (χ3v) is 4.40. The topological polar surface area (TPSA) is 85.2 Å². The van der Waals surface area contributed by atoms with Crippen LogP contribution in [0.1, 0.15) is 49.2 Å². The molecule has 0 unspecified atom stereocenters. The van der Waals surface area contributed by atoms with E-state index in [2.05, 4.69) is 10.1 Å². The van der Waals surface area contributed by atoms with Crippen molar-refractivity contribution in [2.75, 3.05) is 6.54 Å². The van der Waals surface area contributed by atoms with Crippen LogP contribution in [0.4, 0.5) is 0 Å². The number of piperidine rings is 1. The van der Waals surface area contributed by atoms with Gasteiger partial charge in [-0.25, -0.2) is 4.98 Å². The Morgan fingerprint density at radius 1 is 1.55 bits per heavy atom. The normalized spacial score (nSPS) is 20.3. The molecule has 3 heterocycles. The number of hydrogen-bond donors (Lipinski definition) is 1. The number of carbonyl (C=O) groups is 1. The van der Waals surface area contributed by atoms with Gasteiger partial charge in [0.2, 0.25) is 0 Å². The second-order valence-electron chi connectivity index (χ2n) is 5.98. The van der Waals surface area contributed by atoms with E-state index in [1.807, 2.05) is 24.8 Å². The van der Waals surface area contributed by atoms with Gasteiger partial charge in [-0.1, -0.05) is 12.1 Å². The van der Waals surface area contributed by atoms with Crippen molar-refractivity contribution in [3.05, 3.63) is 23.5 Å². The maximum Gasteiger partial charge on any atom is 0.257 e. The lowest BCUT2D eigenvalue weighted by atomic mass is 9.96. The van der Waals surface area contributed by atoms with Gasteiger partial charge in [-0.3, -0.25) is 4.79 Å². The Morgan fingerprint density at radius 2 is 2.36 bits per heavy atom. The zero-order valence-electron chi connectivity index (χ0n) is 13.1. The lowest BCUT2D eigenvalue weighted by Gasteiger charge is -2.38. The molecule has 2 atom stereocenters. The molecule has 0 radical (unpaired) electrons. The summed E-state index contributed by atoms with van der Waals surface area (Å²) < 4.78 is 5.17. The monoisotopic (exact) mass is 302 g/mol. The van der Waals surface area contributed by atoms with Crippen molar-refractivity contribution >= 4 is 17.0 Å². The molecule has 118 valence electrons. The molecule has 0 bridgehead atoms. The number of nitrogens with zero attached hydrogens (tertiary/aromatic N) is 3. The van der Waals surface area contributed by atoms with Crippen molar-refractivity contribution in [1.29, 1.82) is 0 Å². The van der Waals surface area contributed by atoms with Gasteiger partial charge in [-0.15, -0.1) is 0 Å². The summed E-state index contributed by atoms with van der Waals surface area (Å²) in [7, 11) is 0. The van der Waals surface area contributed by atoms with Crippen molar-refractivity contribution < 1.29 is 9.32 Å². The maximum absolute atomic E-state index is 12.9. The highest BCUT2D eigenvalue weighted by atomic mass is 16.5. The number of aryl methyl sites for hydroxylation is 1. The highest BCUT2D eigenvalue weighted by Gasteiger charge is 2.30. The van der Waals surface area contributed by atoms with E-state index in [4.69, 9.17) is 10.3 Å². The molecule has 22 heavy (non-hydrogen) atoms. The van der Waals surface area contributed by atoms with Gasteiger partial charge in [0.15, 0.2) is 0 Å². The van der Waals surface area contributed by atoms with E-state index in [1.165, 1.54) is 0 Å². The van der Waals surface area contributed by atoms with Crippen molar-refractivity contribution in [2.24, 2.45) is 5.73 Å². The van der Waals surface area contributed by atoms with Gasteiger partial charge in [0.1, 0.15) is 0 Å². The van der Waals surface area contributed by atoms with Gasteiger partial charge in [-0.2, -0.15) is 0 Å². The Morgan fingerprint density at radius 3 is 3.09 bits per heavy atom. The minimum atomic E-state index is -0.0252. The fourth-order valence-electron chi connectivity index (χ4n) is 3.17. The first-order valence-corrected chi connectivity index (χ1v) is 7.92. The van der Waals surface area contributed by atoms with Crippen LogP contribution < -0.4 is 5.73 Å². The van der Waals surface area contributed by atoms with E-state index < -0.39 is 0 Å². The number of amides is 1. The van der Waals surface area contributed by atoms with Gasteiger partial charge in [0.05, 0.1) is 16.6 Å². The predicted molar refractivity (Wildman–Crippen MR) is 83.5 cm³/mol. The fourth-order valence-corrected chi connectivity index (χ4v) is 3.17. The average molecular weight is 302 g/mol. The van der Waals surface area contributed by atoms with Crippen molar-refractivity contribution in [2.45, 2.75) is 51.6 Å². The predicted octanol–water partition coefficient (Wildman–Crippen LogP) is 2.13. The number of carbonyl (C=O) groups excluding carboxylic acids is 1. The number of likely N-dealkylation sites (tertiary alicyclic amines) is 1. The van der Waals surface area contributed by atoms with Crippen LogP contribution in [0, 0.1) is 0 Å². The van der Waals surface area contributed by atoms with Gasteiger partial charge >= 0.3 is 0 Å². The number of hydrogen-bond acceptors (Lipinski definition) is 5. The SMILES string of the molecule is CCc1noc2ncc(C(=O)N3CCCC[C@@H]3[C@@H](C)N)cc12. The summed E-state index contributed by atoms with van der Waals surface area (Å²) in [6.45, 7) is 4.73. The molecule has 2 N–H and O–H groups in total. The van der Waals surface area contributed by atoms with E-state index in [-0.39, 0.29) is 18.0 Å². The molecule has 6 heteroatoms. The minimum Gasteiger partial charge on any atom is -0.336 e. The molecule has 2 aromatic heterocycles. The molecule has 1 fully saturated rings. The molecule has 0 spiro atoms. The standard InChI is InChI=1S/C16H22N4O2/c1-3-13-12-8-11(9-18-15(12)22-19-13)16(21)20-7-5-4-6-14(20)10(2)17/h8-10,14H,3-7,17H2,1-2H3/t10-,14-/m1/s1. The first-order chi connectivity index (χ1) is 10.6. The molecule has 1 aliphatic rings. The number of pyridine rings is 1. The highest BCUT2D eigenvalue weighted by Crippen LogP contribution is 2.23. The molecule has 2 aromatic rings. The molecule has 0 aromatic carbocycles. The molecular formula is C16H22N4O2. The smallest absolute Gasteiger partial charge is 0.257 e. The summed E-state index contributed by atoms with van der Waals surface area (Å²) in [6.07, 6.45) is 5.43. The number of nitrogens with two attached hydrogens (primary N) is 1. The molecule has 1 aliphatic heterocycles. The Balaban J connectivity index is 1.93. The summed E-state index contributed by atoms with van der Waals surface area (Å²) in [6, 6.07) is 1.92. The van der Waals surface area contributed by atoms with Crippen LogP contribution in [0.2, 0.25) is 0 Å². The number of aromatic nitrogens is 2. The third-order valence-electron chi connectivity index (χ3n) is 4.40. The van der Waals surface area contributed by atoms with E-state index in [0.29, 0.717) is 11.3 Å². The molecule has 1 amide bonds. The zero-order chi connectivity index (χ0) is 15.7. The van der Waals surface area contributed by atoms with Crippen LogP contribution in [-0.2, 0) is 6.42 Å². The summed E-state index contributed by atoms with van der Waals surface area (Å²) in [5.74, 6) is -0.000321. The summed E-state index contributed by atoms with van der Waals surface area (Å²) in [5, 5.41) is 4.81. The van der Waals surface area contributed by atoms with E-state index >= 15 is 0 Å². The Labute approximate surface area is 129 Å². The van der Waals surface area contributed by atoms with Gasteiger partial charge in [-0.05, 0) is 38.7 Å². The fraction of sp³-hybridized carbons (Fsp3) is 0.562. The van der Waals surface area contributed by atoms with Crippen LogP contribution in [0.15, 0.2) is 16.8 Å². The lowest BCUT2D eigenvalue weighted by Crippen LogP contribution is -2.51. The van der Waals surface area contributed by atoms with Gasteiger partial charge < -0.3 is 15.2 Å². The quantitative estimate of drug-likeness (QED) is 0.938. The summed E-state index contributed by atoms with van der Waals surface area (Å²) in [4.78, 5) is 19.0. The second kappa shape index (κ2) is 6.04. The summed E-state index contributed by atoms with van der Waals surface area (Å²) >= 11 is 0. The number of fused-ring (bicyclic) bond motifs is 1. The molecule has 6 nitrogen and oxygen atoms in total. The second-order valence-corrected chi connectivity index (χ2v) is 5.98. The molecule has 0 aliphatic carbocycles. The van der Waals surface area contributed by atoms with Gasteiger partial charge in [0, 0.05) is 24.8 Å². The molecule has 1 saturated heterocycles. The molecule has 0 saturated carbocycles. The first kappa shape index (κ1) is 15.0. The highest BCUT2D eigenvalue weighted by molar-refractivity contribution is 5.97. The largest absolute Gasteiger partial charge is 0.336 e. The van der Waals surface area contributed by atoms with Gasteiger partial charge in [0.25, 0.3) is 11.6 Å². The average Bonchev–Trinajstić information content (AvgIpc) is 2.96. The van der Waals surface area contributed by atoms with Crippen LogP contribution in [0.25, 0.3) is 11.1 Å². The van der Waals surface area contributed by atoms with Crippen LogP contribution in [0.5, 0.6) is 0 Å². The Bertz CT molecular complexity index is 680. The first-order valence-electron chi connectivity index (χ1n) is 7.92. The lowest BCUT2D eigenvalue weighted by molar-refractivity contribution is 0.0583. The molecule has 3 rings (SSSR count). The Kier molecular flexibility index (Phi) is 4.11. The molecular weight excluding hydrogens is 280 g/mol. The summed E-state index contributed by atoms with van der Waals surface area (Å²) in [5.41, 5.74) is 7.96. The van der Waals surface area contributed by atoms with Crippen LogP contribution in [0.3, 0.4) is 0 Å². The third kappa shape index (κ3) is 2.59. The van der Waals surface area contributed by atoms with Crippen molar-refractivity contribution in [3.8, 4) is 0 Å². The number of rotatable bonds is 3. The van der Waals surface area contributed by atoms with Crippen LogP contribution in [-0.4, -0.2) is 39.6 Å². The van der Waals surface area contributed by atoms with E-state index in [0.717, 1.165) is 43.3 Å². The van der Waals surface area contributed by atoms with Crippen molar-refractivity contribution in [1.82, 2.24) is 15.0 Å². The maximum atomic E-state index is 12.9. The van der Waals surface area contributed by atoms with E-state index in [1.54, 1.807) is 6.20 Å². The van der Waals surface area contributed by atoms with E-state index in [9.17, 15) is 4.79 Å². The Hall–Kier alpha value is -1.95. The van der Waals surface area contributed by atoms with Crippen molar-refractivity contribution in [3.63, 3.8) is 0 Å². The minimum absolute atomic E-state index is 0.000321. The van der Waals surface area contributed by atoms with Crippen LogP contribution >= 0.6 is 0 Å². The zero-order valence-corrected chi connectivity index (χ0v) is 13.1.